The standard InChI is InChI=1S/C7H7N5/c8-6-1-2-9-3-5(6)7-10-4-11-12-7/h1-4H,(H2,8,9)(H,10,11,12). The van der Waals surface area contributed by atoms with Crippen molar-refractivity contribution < 1.29 is 0 Å². The van der Waals surface area contributed by atoms with Crippen LogP contribution in [0.25, 0.3) is 11.4 Å². The van der Waals surface area contributed by atoms with Crippen LogP contribution in [-0.2, 0) is 0 Å². The zero-order valence-corrected chi connectivity index (χ0v) is 6.23. The molecule has 12 heavy (non-hydrogen) atoms. The highest BCUT2D eigenvalue weighted by Crippen LogP contribution is 2.18. The molecule has 3 N–H and O–H groups in total. The van der Waals surface area contributed by atoms with Crippen molar-refractivity contribution in [2.75, 3.05) is 5.73 Å². The van der Waals surface area contributed by atoms with Crippen LogP contribution >= 0.6 is 0 Å². The first-order valence-corrected chi connectivity index (χ1v) is 3.43. The van der Waals surface area contributed by atoms with Gasteiger partial charge in [0.25, 0.3) is 0 Å². The summed E-state index contributed by atoms with van der Waals surface area (Å²) in [7, 11) is 0. The van der Waals surface area contributed by atoms with Crippen LogP contribution in [0.5, 0.6) is 0 Å². The van der Waals surface area contributed by atoms with Crippen molar-refractivity contribution in [3.8, 4) is 11.4 Å². The molecule has 0 fully saturated rings. The highest BCUT2D eigenvalue weighted by molar-refractivity contribution is 5.69. The van der Waals surface area contributed by atoms with Crippen molar-refractivity contribution >= 4 is 5.69 Å². The smallest absolute Gasteiger partial charge is 0.159 e. The number of anilines is 1. The summed E-state index contributed by atoms with van der Waals surface area (Å²) in [5.74, 6) is 0.639. The van der Waals surface area contributed by atoms with E-state index in [1.165, 1.54) is 6.33 Å². The number of hydrogen-bond acceptors (Lipinski definition) is 4. The molecule has 0 amide bonds. The van der Waals surface area contributed by atoms with Gasteiger partial charge >= 0.3 is 0 Å². The van der Waals surface area contributed by atoms with Gasteiger partial charge in [0.15, 0.2) is 5.82 Å². The van der Waals surface area contributed by atoms with Gasteiger partial charge < -0.3 is 5.73 Å². The molecule has 0 aromatic carbocycles. The molecule has 0 atom stereocenters. The van der Waals surface area contributed by atoms with Crippen LogP contribution in [0, 0.1) is 0 Å². The van der Waals surface area contributed by atoms with Gasteiger partial charge in [0.05, 0.1) is 5.56 Å². The van der Waals surface area contributed by atoms with Gasteiger partial charge in [0.2, 0.25) is 0 Å². The van der Waals surface area contributed by atoms with Gasteiger partial charge in [-0.2, -0.15) is 5.10 Å². The summed E-state index contributed by atoms with van der Waals surface area (Å²) in [4.78, 5) is 7.89. The van der Waals surface area contributed by atoms with E-state index in [-0.39, 0.29) is 0 Å². The number of rotatable bonds is 1. The van der Waals surface area contributed by atoms with E-state index in [9.17, 15) is 0 Å². The molecule has 0 unspecified atom stereocenters. The summed E-state index contributed by atoms with van der Waals surface area (Å²) in [5.41, 5.74) is 7.10. The average molecular weight is 161 g/mol. The lowest BCUT2D eigenvalue weighted by Gasteiger charge is -1.98. The predicted octanol–water partition coefficient (Wildman–Crippen LogP) is 0.449. The van der Waals surface area contributed by atoms with Gasteiger partial charge in [-0.05, 0) is 6.07 Å². The molecule has 0 aliphatic carbocycles. The normalized spacial score (nSPS) is 10.0. The van der Waals surface area contributed by atoms with Crippen molar-refractivity contribution in [3.05, 3.63) is 24.8 Å². The number of nitrogen functional groups attached to an aromatic ring is 1. The summed E-state index contributed by atoms with van der Waals surface area (Å²) in [5, 5.41) is 6.43. The van der Waals surface area contributed by atoms with E-state index in [1.54, 1.807) is 18.5 Å². The number of hydrogen-bond donors (Lipinski definition) is 2. The van der Waals surface area contributed by atoms with E-state index in [1.807, 2.05) is 0 Å². The van der Waals surface area contributed by atoms with Crippen LogP contribution in [0.15, 0.2) is 24.8 Å². The largest absolute Gasteiger partial charge is 0.398 e. The van der Waals surface area contributed by atoms with Crippen molar-refractivity contribution in [1.82, 2.24) is 20.2 Å². The Bertz CT molecular complexity index is 367. The summed E-state index contributed by atoms with van der Waals surface area (Å²) in [6.45, 7) is 0. The lowest BCUT2D eigenvalue weighted by Crippen LogP contribution is -1.91. The lowest BCUT2D eigenvalue weighted by atomic mass is 10.2. The fourth-order valence-corrected chi connectivity index (χ4v) is 0.938. The Kier molecular flexibility index (Phi) is 1.48. The second-order valence-electron chi connectivity index (χ2n) is 2.30. The van der Waals surface area contributed by atoms with Gasteiger partial charge in [-0.3, -0.25) is 10.1 Å². The third-order valence-corrected chi connectivity index (χ3v) is 1.52. The maximum Gasteiger partial charge on any atom is 0.159 e. The second-order valence-corrected chi connectivity index (χ2v) is 2.30. The van der Waals surface area contributed by atoms with Crippen LogP contribution in [0.4, 0.5) is 5.69 Å². The molecule has 2 heterocycles. The first kappa shape index (κ1) is 6.78. The second kappa shape index (κ2) is 2.61. The molecule has 5 heteroatoms. The molecule has 0 aliphatic heterocycles. The summed E-state index contributed by atoms with van der Waals surface area (Å²) >= 11 is 0. The predicted molar refractivity (Wildman–Crippen MR) is 44.0 cm³/mol. The molecule has 0 radical (unpaired) electrons. The Morgan fingerprint density at radius 2 is 2.33 bits per heavy atom. The SMILES string of the molecule is Nc1ccncc1-c1ncn[nH]1. The summed E-state index contributed by atoms with van der Waals surface area (Å²) < 4.78 is 0. The Morgan fingerprint density at radius 3 is 3.00 bits per heavy atom. The fourth-order valence-electron chi connectivity index (χ4n) is 0.938. The number of aromatic nitrogens is 4. The molecule has 2 rings (SSSR count). The molecular formula is C7H7N5. The third kappa shape index (κ3) is 1.01. The molecule has 0 spiro atoms. The van der Waals surface area contributed by atoms with Gasteiger partial charge in [0.1, 0.15) is 6.33 Å². The number of nitrogens with zero attached hydrogens (tertiary/aromatic N) is 3. The first-order chi connectivity index (χ1) is 5.88. The van der Waals surface area contributed by atoms with Gasteiger partial charge in [0, 0.05) is 18.1 Å². The molecule has 5 nitrogen and oxygen atoms in total. The quantitative estimate of drug-likeness (QED) is 0.636. The molecule has 0 bridgehead atoms. The highest BCUT2D eigenvalue weighted by atomic mass is 15.2. The van der Waals surface area contributed by atoms with Crippen LogP contribution in [0.2, 0.25) is 0 Å². The Labute approximate surface area is 68.7 Å². The van der Waals surface area contributed by atoms with E-state index in [2.05, 4.69) is 20.2 Å². The van der Waals surface area contributed by atoms with E-state index >= 15 is 0 Å². The molecule has 0 aliphatic rings. The minimum Gasteiger partial charge on any atom is -0.398 e. The maximum atomic E-state index is 5.68. The van der Waals surface area contributed by atoms with E-state index in [0.29, 0.717) is 11.5 Å². The molecule has 2 aromatic heterocycles. The third-order valence-electron chi connectivity index (χ3n) is 1.52. The molecule has 60 valence electrons. The minimum atomic E-state index is 0.639. The van der Waals surface area contributed by atoms with Crippen molar-refractivity contribution in [1.29, 1.82) is 0 Å². The van der Waals surface area contributed by atoms with Crippen molar-refractivity contribution in [3.63, 3.8) is 0 Å². The number of nitrogens with one attached hydrogen (secondary N) is 1. The van der Waals surface area contributed by atoms with E-state index in [0.717, 1.165) is 5.56 Å². The maximum absolute atomic E-state index is 5.68. The molecular weight excluding hydrogens is 154 g/mol. The summed E-state index contributed by atoms with van der Waals surface area (Å²) in [6, 6.07) is 1.72. The number of H-pyrrole nitrogens is 1. The summed E-state index contributed by atoms with van der Waals surface area (Å²) in [6.07, 6.45) is 4.72. The molecule has 0 saturated carbocycles. The van der Waals surface area contributed by atoms with Crippen molar-refractivity contribution in [2.24, 2.45) is 0 Å². The number of pyridine rings is 1. The monoisotopic (exact) mass is 161 g/mol. The molecule has 0 saturated heterocycles. The van der Waals surface area contributed by atoms with Gasteiger partial charge in [-0.1, -0.05) is 0 Å². The zero-order chi connectivity index (χ0) is 8.39. The Balaban J connectivity index is 2.55. The molecule has 2 aromatic rings. The minimum absolute atomic E-state index is 0.639. The van der Waals surface area contributed by atoms with Crippen LogP contribution in [0.3, 0.4) is 0 Å². The van der Waals surface area contributed by atoms with E-state index in [4.69, 9.17) is 5.73 Å². The van der Waals surface area contributed by atoms with Gasteiger partial charge in [-0.15, -0.1) is 0 Å². The van der Waals surface area contributed by atoms with Crippen LogP contribution in [-0.4, -0.2) is 20.2 Å². The zero-order valence-electron chi connectivity index (χ0n) is 6.23. The fraction of sp³-hybridized carbons (Fsp3) is 0. The Hall–Kier alpha value is -1.91. The number of nitrogens with two attached hydrogens (primary N) is 1. The average Bonchev–Trinajstić information content (AvgIpc) is 2.57. The topological polar surface area (TPSA) is 80.5 Å². The number of aromatic amines is 1. The van der Waals surface area contributed by atoms with Crippen molar-refractivity contribution in [2.45, 2.75) is 0 Å². The van der Waals surface area contributed by atoms with Crippen LogP contribution < -0.4 is 5.73 Å². The van der Waals surface area contributed by atoms with Gasteiger partial charge in [-0.25, -0.2) is 4.98 Å². The Morgan fingerprint density at radius 1 is 1.42 bits per heavy atom. The lowest BCUT2D eigenvalue weighted by molar-refractivity contribution is 1.09. The first-order valence-electron chi connectivity index (χ1n) is 3.43. The van der Waals surface area contributed by atoms with E-state index < -0.39 is 0 Å². The highest BCUT2D eigenvalue weighted by Gasteiger charge is 2.03. The van der Waals surface area contributed by atoms with Crippen LogP contribution in [0.1, 0.15) is 0 Å².